The van der Waals surface area contributed by atoms with Crippen molar-refractivity contribution in [1.82, 2.24) is 9.97 Å². The van der Waals surface area contributed by atoms with Crippen LogP contribution in [0.1, 0.15) is 25.7 Å². The van der Waals surface area contributed by atoms with Crippen LogP contribution in [0, 0.1) is 0 Å². The van der Waals surface area contributed by atoms with Gasteiger partial charge in [-0.15, -0.1) is 0 Å². The van der Waals surface area contributed by atoms with Gasteiger partial charge in [-0.2, -0.15) is 0 Å². The van der Waals surface area contributed by atoms with Crippen molar-refractivity contribution in [3.8, 4) is 0 Å². The van der Waals surface area contributed by atoms with Crippen LogP contribution in [0.2, 0.25) is 0 Å². The Bertz CT molecular complexity index is 557. The van der Waals surface area contributed by atoms with Crippen molar-refractivity contribution in [2.75, 3.05) is 55.8 Å². The summed E-state index contributed by atoms with van der Waals surface area (Å²) in [6.45, 7) is 5.74. The van der Waals surface area contributed by atoms with E-state index in [1.807, 2.05) is 0 Å². The zero-order valence-corrected chi connectivity index (χ0v) is 14.1. The number of hydrogen-bond acceptors (Lipinski definition) is 7. The summed E-state index contributed by atoms with van der Waals surface area (Å²) in [4.78, 5) is 13.4. The van der Waals surface area contributed by atoms with Crippen LogP contribution >= 0.6 is 0 Å². The quantitative estimate of drug-likeness (QED) is 0.859. The summed E-state index contributed by atoms with van der Waals surface area (Å²) in [5.74, 6) is 1.93. The maximum atomic E-state index is 10.4. The predicted octanol–water partition coefficient (Wildman–Crippen LogP) is 0.823. The molecule has 3 fully saturated rings. The normalized spacial score (nSPS) is 27.5. The molecule has 7 heteroatoms. The first-order valence-corrected chi connectivity index (χ1v) is 8.99. The number of aliphatic hydroxyl groups is 1. The van der Waals surface area contributed by atoms with E-state index in [1.165, 1.54) is 0 Å². The summed E-state index contributed by atoms with van der Waals surface area (Å²) in [7, 11) is 0. The summed E-state index contributed by atoms with van der Waals surface area (Å²) < 4.78 is 11.4. The molecule has 1 N–H and O–H groups in total. The third-order valence-corrected chi connectivity index (χ3v) is 5.53. The molecule has 4 heterocycles. The number of aliphatic hydroxyl groups excluding tert-OH is 1. The van der Waals surface area contributed by atoms with E-state index in [0.717, 1.165) is 83.3 Å². The molecule has 1 aromatic rings. The molecule has 1 spiro atoms. The summed E-state index contributed by atoms with van der Waals surface area (Å²) in [5.41, 5.74) is -0.338. The number of aromatic nitrogens is 2. The van der Waals surface area contributed by atoms with E-state index in [-0.39, 0.29) is 11.7 Å². The highest BCUT2D eigenvalue weighted by Crippen LogP contribution is 2.36. The Kier molecular flexibility index (Phi) is 4.56. The van der Waals surface area contributed by atoms with Gasteiger partial charge in [0.1, 0.15) is 18.0 Å². The number of rotatable bonds is 2. The summed E-state index contributed by atoms with van der Waals surface area (Å²) >= 11 is 0. The zero-order valence-electron chi connectivity index (χ0n) is 14.1. The van der Waals surface area contributed by atoms with E-state index < -0.39 is 0 Å². The van der Waals surface area contributed by atoms with Crippen LogP contribution in [0.15, 0.2) is 12.4 Å². The van der Waals surface area contributed by atoms with Gasteiger partial charge in [0, 0.05) is 38.9 Å². The average Bonchev–Trinajstić information content (AvgIpc) is 2.66. The van der Waals surface area contributed by atoms with Gasteiger partial charge >= 0.3 is 0 Å². The van der Waals surface area contributed by atoms with Crippen LogP contribution in [0.5, 0.6) is 0 Å². The van der Waals surface area contributed by atoms with E-state index >= 15 is 0 Å². The number of morpholine rings is 1. The van der Waals surface area contributed by atoms with Crippen LogP contribution in [-0.2, 0) is 9.47 Å². The second kappa shape index (κ2) is 6.82. The molecular formula is C17H26N4O3. The van der Waals surface area contributed by atoms with E-state index in [2.05, 4.69) is 25.8 Å². The minimum Gasteiger partial charge on any atom is -0.390 e. The molecule has 0 aromatic carbocycles. The van der Waals surface area contributed by atoms with Gasteiger partial charge in [-0.05, 0) is 25.7 Å². The van der Waals surface area contributed by atoms with Gasteiger partial charge in [0.2, 0.25) is 0 Å². The van der Waals surface area contributed by atoms with Gasteiger partial charge in [0.15, 0.2) is 0 Å². The molecular weight excluding hydrogens is 308 g/mol. The smallest absolute Gasteiger partial charge is 0.134 e. The topological polar surface area (TPSA) is 71.0 Å². The number of ether oxygens (including phenoxy) is 2. The molecule has 3 aliphatic heterocycles. The largest absolute Gasteiger partial charge is 0.390 e. The van der Waals surface area contributed by atoms with Crippen LogP contribution in [0.3, 0.4) is 0 Å². The van der Waals surface area contributed by atoms with Crippen molar-refractivity contribution < 1.29 is 14.6 Å². The summed E-state index contributed by atoms with van der Waals surface area (Å²) in [5, 5.41) is 10.4. The number of hydrogen-bond donors (Lipinski definition) is 1. The first-order chi connectivity index (χ1) is 11.8. The first kappa shape index (κ1) is 16.1. The Morgan fingerprint density at radius 3 is 2.33 bits per heavy atom. The Labute approximate surface area is 142 Å². The van der Waals surface area contributed by atoms with E-state index in [1.54, 1.807) is 6.33 Å². The van der Waals surface area contributed by atoms with Crippen molar-refractivity contribution in [2.45, 2.75) is 37.4 Å². The molecule has 0 saturated carbocycles. The lowest BCUT2D eigenvalue weighted by Gasteiger charge is -2.47. The Morgan fingerprint density at radius 1 is 1.00 bits per heavy atom. The van der Waals surface area contributed by atoms with E-state index in [4.69, 9.17) is 9.47 Å². The highest BCUT2D eigenvalue weighted by molar-refractivity contribution is 5.50. The molecule has 0 unspecified atom stereocenters. The maximum Gasteiger partial charge on any atom is 0.134 e. The Morgan fingerprint density at radius 2 is 1.67 bits per heavy atom. The summed E-state index contributed by atoms with van der Waals surface area (Å²) in [6, 6.07) is 2.07. The number of nitrogens with zero attached hydrogens (tertiary/aromatic N) is 4. The molecule has 0 aliphatic carbocycles. The van der Waals surface area contributed by atoms with Gasteiger partial charge in [-0.25, -0.2) is 9.97 Å². The monoisotopic (exact) mass is 334 g/mol. The minimum atomic E-state index is -0.338. The lowest BCUT2D eigenvalue weighted by Crippen LogP contribution is -2.55. The fourth-order valence-corrected chi connectivity index (χ4v) is 3.98. The second-order valence-corrected chi connectivity index (χ2v) is 6.89. The SMILES string of the molecule is O[C@@H]1CCCOC12CCN(c1cc(N3CCOCC3)ncn1)CC2. The van der Waals surface area contributed by atoms with Gasteiger partial charge in [0.05, 0.1) is 24.9 Å². The lowest BCUT2D eigenvalue weighted by molar-refractivity contribution is -0.164. The third kappa shape index (κ3) is 3.08. The van der Waals surface area contributed by atoms with E-state index in [0.29, 0.717) is 0 Å². The van der Waals surface area contributed by atoms with E-state index in [9.17, 15) is 5.11 Å². The molecule has 7 nitrogen and oxygen atoms in total. The van der Waals surface area contributed by atoms with Crippen LogP contribution < -0.4 is 9.80 Å². The molecule has 0 radical (unpaired) electrons. The number of anilines is 2. The van der Waals surface area contributed by atoms with Gasteiger partial charge in [-0.1, -0.05) is 0 Å². The molecule has 3 aliphatic rings. The standard InChI is InChI=1S/C17H26N4O3/c22-14-2-1-9-24-17(14)3-5-20(6-4-17)15-12-16(19-13-18-15)21-7-10-23-11-8-21/h12-14,22H,1-11H2/t14-/m1/s1. The molecule has 1 aromatic heterocycles. The molecule has 24 heavy (non-hydrogen) atoms. The Balaban J connectivity index is 1.43. The maximum absolute atomic E-state index is 10.4. The molecule has 0 bridgehead atoms. The molecule has 3 saturated heterocycles. The number of piperidine rings is 1. The first-order valence-electron chi connectivity index (χ1n) is 8.99. The Hall–Kier alpha value is -1.44. The fourth-order valence-electron chi connectivity index (χ4n) is 3.98. The zero-order chi connectivity index (χ0) is 16.4. The summed E-state index contributed by atoms with van der Waals surface area (Å²) in [6.07, 6.45) is 4.84. The van der Waals surface area contributed by atoms with Crippen molar-refractivity contribution in [3.05, 3.63) is 12.4 Å². The van der Waals surface area contributed by atoms with Crippen molar-refractivity contribution in [3.63, 3.8) is 0 Å². The molecule has 132 valence electrons. The predicted molar refractivity (Wildman–Crippen MR) is 90.4 cm³/mol. The van der Waals surface area contributed by atoms with Crippen LogP contribution in [0.4, 0.5) is 11.6 Å². The van der Waals surface area contributed by atoms with Crippen molar-refractivity contribution in [1.29, 1.82) is 0 Å². The lowest BCUT2D eigenvalue weighted by atomic mass is 9.82. The average molecular weight is 334 g/mol. The molecule has 1 atom stereocenters. The third-order valence-electron chi connectivity index (χ3n) is 5.53. The highest BCUT2D eigenvalue weighted by Gasteiger charge is 2.43. The molecule has 4 rings (SSSR count). The van der Waals surface area contributed by atoms with Gasteiger partial charge in [0.25, 0.3) is 0 Å². The van der Waals surface area contributed by atoms with Crippen LogP contribution in [-0.4, -0.2) is 72.8 Å². The van der Waals surface area contributed by atoms with Gasteiger partial charge in [-0.3, -0.25) is 0 Å². The van der Waals surface area contributed by atoms with Crippen LogP contribution in [0.25, 0.3) is 0 Å². The van der Waals surface area contributed by atoms with Crippen molar-refractivity contribution in [2.24, 2.45) is 0 Å². The second-order valence-electron chi connectivity index (χ2n) is 6.89. The molecule has 0 amide bonds. The highest BCUT2D eigenvalue weighted by atomic mass is 16.5. The van der Waals surface area contributed by atoms with Crippen molar-refractivity contribution >= 4 is 11.6 Å². The fraction of sp³-hybridized carbons (Fsp3) is 0.765. The van der Waals surface area contributed by atoms with Gasteiger partial charge < -0.3 is 24.4 Å². The minimum absolute atomic E-state index is 0.331.